The minimum Gasteiger partial charge on any atom is -0.379 e. The Balaban J connectivity index is 4.48. The van der Waals surface area contributed by atoms with Crippen LogP contribution in [0.15, 0.2) is 0 Å². The summed E-state index contributed by atoms with van der Waals surface area (Å²) in [5, 5.41) is -0.534. The van der Waals surface area contributed by atoms with Gasteiger partial charge < -0.3 is 23.4 Å². The fraction of sp³-hybridized carbons (Fsp3) is 1.00. The standard InChI is InChI=1S/C10H22Cl2O5Si/c1-3-13-7-15-10(17-18,9(12)5-6-11)16-8-14-4-2/h9H,3-8H2,1-2,18H3. The van der Waals surface area contributed by atoms with Crippen LogP contribution in [-0.2, 0) is 23.4 Å². The van der Waals surface area contributed by atoms with Crippen LogP contribution in [-0.4, -0.2) is 54.5 Å². The summed E-state index contributed by atoms with van der Waals surface area (Å²) >= 11 is 11.9. The lowest BCUT2D eigenvalue weighted by Gasteiger charge is -2.35. The van der Waals surface area contributed by atoms with E-state index in [1.54, 1.807) is 0 Å². The molecule has 0 amide bonds. The number of hydrogen-bond acceptors (Lipinski definition) is 5. The van der Waals surface area contributed by atoms with Gasteiger partial charge in [-0.05, 0) is 20.3 Å². The van der Waals surface area contributed by atoms with E-state index in [1.165, 1.54) is 0 Å². The van der Waals surface area contributed by atoms with Gasteiger partial charge in [-0.15, -0.1) is 23.2 Å². The maximum absolute atomic E-state index is 6.21. The SMILES string of the molecule is CCOCOC(O[SiH3])(OCOCC)C(Cl)CCCl. The summed E-state index contributed by atoms with van der Waals surface area (Å²) in [5.41, 5.74) is 0. The van der Waals surface area contributed by atoms with Crippen molar-refractivity contribution < 1.29 is 23.4 Å². The van der Waals surface area contributed by atoms with Gasteiger partial charge in [0, 0.05) is 19.1 Å². The third-order valence-corrected chi connectivity index (χ3v) is 3.40. The van der Waals surface area contributed by atoms with Gasteiger partial charge >= 0.3 is 0 Å². The zero-order valence-electron chi connectivity index (χ0n) is 11.1. The summed E-state index contributed by atoms with van der Waals surface area (Å²) in [6, 6.07) is 0. The lowest BCUT2D eigenvalue weighted by atomic mass is 10.3. The van der Waals surface area contributed by atoms with Crippen LogP contribution in [0, 0.1) is 0 Å². The Hall–Kier alpha value is 0.597. The molecular formula is C10H22Cl2O5Si. The predicted molar refractivity (Wildman–Crippen MR) is 73.9 cm³/mol. The maximum atomic E-state index is 6.21. The molecule has 0 aliphatic rings. The van der Waals surface area contributed by atoms with Gasteiger partial charge in [0.1, 0.15) is 5.38 Å². The molecule has 0 aromatic carbocycles. The summed E-state index contributed by atoms with van der Waals surface area (Å²) < 4.78 is 26.6. The van der Waals surface area contributed by atoms with E-state index in [-0.39, 0.29) is 13.6 Å². The van der Waals surface area contributed by atoms with Gasteiger partial charge in [0.25, 0.3) is 5.97 Å². The van der Waals surface area contributed by atoms with Crippen molar-refractivity contribution in [1.29, 1.82) is 0 Å². The lowest BCUT2D eigenvalue weighted by Crippen LogP contribution is -2.48. The van der Waals surface area contributed by atoms with Crippen molar-refractivity contribution >= 4 is 33.7 Å². The second kappa shape index (κ2) is 11.4. The second-order valence-corrected chi connectivity index (χ2v) is 4.58. The molecule has 0 saturated carbocycles. The van der Waals surface area contributed by atoms with Crippen molar-refractivity contribution in [3.05, 3.63) is 0 Å². The highest BCUT2D eigenvalue weighted by Crippen LogP contribution is 2.27. The Labute approximate surface area is 121 Å². The molecule has 0 spiro atoms. The van der Waals surface area contributed by atoms with Crippen molar-refractivity contribution in [2.45, 2.75) is 31.6 Å². The molecule has 0 saturated heterocycles. The summed E-state index contributed by atoms with van der Waals surface area (Å²) in [6.45, 7) is 4.87. The highest BCUT2D eigenvalue weighted by molar-refractivity contribution is 6.22. The van der Waals surface area contributed by atoms with E-state index < -0.39 is 11.4 Å². The molecule has 8 heteroatoms. The fourth-order valence-corrected chi connectivity index (χ4v) is 2.48. The van der Waals surface area contributed by atoms with Gasteiger partial charge in [-0.25, -0.2) is 0 Å². The summed E-state index contributed by atoms with van der Waals surface area (Å²) in [4.78, 5) is 0. The number of ether oxygens (including phenoxy) is 4. The van der Waals surface area contributed by atoms with Crippen LogP contribution < -0.4 is 0 Å². The highest BCUT2D eigenvalue weighted by atomic mass is 35.5. The smallest absolute Gasteiger partial charge is 0.294 e. The van der Waals surface area contributed by atoms with Gasteiger partial charge in [0.15, 0.2) is 24.1 Å². The van der Waals surface area contributed by atoms with Gasteiger partial charge in [-0.2, -0.15) is 0 Å². The monoisotopic (exact) mass is 320 g/mol. The first-order valence-corrected chi connectivity index (χ1v) is 7.64. The number of alkyl halides is 2. The number of hydrogen-bond donors (Lipinski definition) is 0. The first-order chi connectivity index (χ1) is 8.66. The summed E-state index contributed by atoms with van der Waals surface area (Å²) in [6.07, 6.45) is 0.490. The van der Waals surface area contributed by atoms with Crippen LogP contribution in [0.2, 0.25) is 0 Å². The summed E-state index contributed by atoms with van der Waals surface area (Å²) in [5.74, 6) is -0.968. The molecule has 0 N–H and O–H groups in total. The molecule has 0 aromatic rings. The Morgan fingerprint density at radius 3 is 1.94 bits per heavy atom. The van der Waals surface area contributed by atoms with E-state index >= 15 is 0 Å². The Morgan fingerprint density at radius 2 is 1.61 bits per heavy atom. The van der Waals surface area contributed by atoms with Crippen molar-refractivity contribution in [1.82, 2.24) is 0 Å². The molecule has 0 heterocycles. The van der Waals surface area contributed by atoms with Crippen molar-refractivity contribution in [2.24, 2.45) is 0 Å². The van der Waals surface area contributed by atoms with E-state index in [0.29, 0.717) is 36.0 Å². The average molecular weight is 321 g/mol. The molecule has 0 radical (unpaired) electrons. The molecule has 0 aromatic heterocycles. The predicted octanol–water partition coefficient (Wildman–Crippen LogP) is 1.19. The van der Waals surface area contributed by atoms with Crippen LogP contribution in [0.3, 0.4) is 0 Å². The normalized spacial score (nSPS) is 14.0. The first-order valence-electron chi connectivity index (χ1n) is 5.85. The minimum absolute atomic E-state index is 0.0381. The molecule has 0 aliphatic heterocycles. The van der Waals surface area contributed by atoms with Gasteiger partial charge in [0.05, 0.1) is 0 Å². The van der Waals surface area contributed by atoms with Gasteiger partial charge in [0.2, 0.25) is 0 Å². The summed E-state index contributed by atoms with van der Waals surface area (Å²) in [7, 11) is 0.399. The van der Waals surface area contributed by atoms with E-state index in [0.717, 1.165) is 0 Å². The van der Waals surface area contributed by atoms with E-state index in [2.05, 4.69) is 0 Å². The molecule has 18 heavy (non-hydrogen) atoms. The van der Waals surface area contributed by atoms with Crippen LogP contribution in [0.5, 0.6) is 0 Å². The third-order valence-electron chi connectivity index (χ3n) is 2.13. The molecule has 0 aliphatic carbocycles. The van der Waals surface area contributed by atoms with Crippen LogP contribution >= 0.6 is 23.2 Å². The van der Waals surface area contributed by atoms with Crippen LogP contribution in [0.4, 0.5) is 0 Å². The Morgan fingerprint density at radius 1 is 1.11 bits per heavy atom. The van der Waals surface area contributed by atoms with Gasteiger partial charge in [-0.1, -0.05) is 0 Å². The fourth-order valence-electron chi connectivity index (χ4n) is 1.16. The van der Waals surface area contributed by atoms with Crippen molar-refractivity contribution in [3.63, 3.8) is 0 Å². The maximum Gasteiger partial charge on any atom is 0.294 e. The topological polar surface area (TPSA) is 46.2 Å². The van der Waals surface area contributed by atoms with E-state index in [1.807, 2.05) is 13.8 Å². The third kappa shape index (κ3) is 6.67. The molecule has 0 bridgehead atoms. The molecule has 1 unspecified atom stereocenters. The second-order valence-electron chi connectivity index (χ2n) is 3.26. The largest absolute Gasteiger partial charge is 0.379 e. The zero-order chi connectivity index (χ0) is 13.9. The van der Waals surface area contributed by atoms with Crippen LogP contribution in [0.1, 0.15) is 20.3 Å². The number of rotatable bonds is 12. The zero-order valence-corrected chi connectivity index (χ0v) is 14.6. The van der Waals surface area contributed by atoms with Crippen LogP contribution in [0.25, 0.3) is 0 Å². The molecule has 0 fully saturated rings. The van der Waals surface area contributed by atoms with E-state index in [4.69, 9.17) is 46.6 Å². The van der Waals surface area contributed by atoms with E-state index in [9.17, 15) is 0 Å². The van der Waals surface area contributed by atoms with Crippen molar-refractivity contribution in [2.75, 3.05) is 32.7 Å². The molecular weight excluding hydrogens is 299 g/mol. The Kier molecular flexibility index (Phi) is 11.8. The first kappa shape index (κ1) is 18.6. The molecule has 110 valence electrons. The Bertz CT molecular complexity index is 189. The quantitative estimate of drug-likeness (QED) is 0.234. The molecule has 1 atom stereocenters. The van der Waals surface area contributed by atoms with Gasteiger partial charge in [-0.3, -0.25) is 0 Å². The molecule has 0 rings (SSSR count). The minimum atomic E-state index is -1.35. The molecule has 5 nitrogen and oxygen atoms in total. The van der Waals surface area contributed by atoms with Crippen molar-refractivity contribution in [3.8, 4) is 0 Å². The lowest BCUT2D eigenvalue weighted by molar-refractivity contribution is -0.382. The number of halogens is 2. The highest BCUT2D eigenvalue weighted by Gasteiger charge is 2.40. The average Bonchev–Trinajstić information content (AvgIpc) is 2.37.